The van der Waals surface area contributed by atoms with Gasteiger partial charge in [0.15, 0.2) is 16.7 Å². The van der Waals surface area contributed by atoms with Crippen LogP contribution in [0.15, 0.2) is 161 Å². The summed E-state index contributed by atoms with van der Waals surface area (Å²) >= 11 is 10.0. The van der Waals surface area contributed by atoms with Crippen molar-refractivity contribution >= 4 is 80.9 Å². The summed E-state index contributed by atoms with van der Waals surface area (Å²) in [5.41, 5.74) is 5.52. The number of halogens is 2. The number of anilines is 2. The number of hydrogen-bond donors (Lipinski definition) is 3. The number of rotatable bonds is 15. The number of fused-ring (bicyclic) bond motifs is 1. The van der Waals surface area contributed by atoms with E-state index in [9.17, 15) is 14.4 Å². The quantitative estimate of drug-likeness (QED) is 0.0132. The summed E-state index contributed by atoms with van der Waals surface area (Å²) in [4.78, 5) is 57.0. The molecule has 61 heavy (non-hydrogen) atoms. The zero-order valence-electron chi connectivity index (χ0n) is 32.2. The molecule has 2 amide bonds. The molecule has 5 heterocycles. The summed E-state index contributed by atoms with van der Waals surface area (Å²) < 4.78 is 7.28. The Labute approximate surface area is 386 Å². The second-order valence-electron chi connectivity index (χ2n) is 13.2. The van der Waals surface area contributed by atoms with Crippen molar-refractivity contribution in [1.82, 2.24) is 20.2 Å². The zero-order valence-corrected chi connectivity index (χ0v) is 37.5. The number of aromatic nitrogens is 3. The molecule has 1 saturated heterocycles. The molecule has 3 N–H and O–H groups in total. The van der Waals surface area contributed by atoms with Crippen LogP contribution in [0.1, 0.15) is 22.4 Å². The van der Waals surface area contributed by atoms with Gasteiger partial charge in [-0.2, -0.15) is 0 Å². The lowest BCUT2D eigenvalue weighted by atomic mass is 9.77. The number of benzene rings is 3. The Bertz CT molecular complexity index is 2460. The molecule has 0 saturated carbocycles. The molecule has 0 radical (unpaired) electrons. The first kappa shape index (κ1) is 43.6. The van der Waals surface area contributed by atoms with Crippen molar-refractivity contribution in [2.24, 2.45) is 5.16 Å². The predicted octanol–water partition coefficient (Wildman–Crippen LogP) is 3.69. The van der Waals surface area contributed by atoms with Gasteiger partial charge in [0, 0.05) is 28.2 Å². The number of β-lactam (4-membered cyclic amide) rings is 1. The average molecular weight is 1000 g/mol. The van der Waals surface area contributed by atoms with Crippen LogP contribution in [0.4, 0.5) is 10.9 Å². The van der Waals surface area contributed by atoms with Crippen LogP contribution in [-0.4, -0.2) is 68.6 Å². The van der Waals surface area contributed by atoms with E-state index in [1.165, 1.54) is 46.9 Å². The van der Waals surface area contributed by atoms with Crippen molar-refractivity contribution in [3.8, 4) is 0 Å². The fourth-order valence-corrected chi connectivity index (χ4v) is 9.55. The fourth-order valence-electron chi connectivity index (χ4n) is 6.83. The number of amides is 2. The number of carbonyl (C=O) groups is 3. The van der Waals surface area contributed by atoms with Crippen LogP contribution in [0.3, 0.4) is 0 Å². The van der Waals surface area contributed by atoms with E-state index in [2.05, 4.69) is 62.6 Å². The molecule has 0 bridgehead atoms. The number of pyridine rings is 2. The monoisotopic (exact) mass is 1000 g/mol. The molecule has 18 heteroatoms. The van der Waals surface area contributed by atoms with Gasteiger partial charge in [-0.3, -0.25) is 14.5 Å². The van der Waals surface area contributed by atoms with Crippen LogP contribution >= 0.6 is 46.5 Å². The number of hydrogen-bond acceptors (Lipinski definition) is 13. The van der Waals surface area contributed by atoms with E-state index >= 15 is 0 Å². The van der Waals surface area contributed by atoms with E-state index in [0.717, 1.165) is 21.6 Å². The summed E-state index contributed by atoms with van der Waals surface area (Å²) in [6.45, 7) is 0. The van der Waals surface area contributed by atoms with E-state index in [4.69, 9.17) is 26.2 Å². The predicted molar refractivity (Wildman–Crippen MR) is 233 cm³/mol. The third kappa shape index (κ3) is 9.55. The minimum Gasteiger partial charge on any atom is -1.00 e. The van der Waals surface area contributed by atoms with E-state index in [1.54, 1.807) is 46.7 Å². The summed E-state index contributed by atoms with van der Waals surface area (Å²) in [6, 6.07) is 38.3. The highest BCUT2D eigenvalue weighted by Gasteiger charge is 2.53. The van der Waals surface area contributed by atoms with Crippen LogP contribution in [0.2, 0.25) is 5.15 Å². The molecule has 3 aromatic heterocycles. The smallest absolute Gasteiger partial charge is 0.355 e. The van der Waals surface area contributed by atoms with Crippen LogP contribution in [-0.2, 0) is 29.5 Å². The number of thioether (sulfide) groups is 2. The molecule has 0 spiro atoms. The number of thiazole rings is 1. The summed E-state index contributed by atoms with van der Waals surface area (Å²) in [5, 5.41) is 12.7. The third-order valence-corrected chi connectivity index (χ3v) is 12.6. The lowest BCUT2D eigenvalue weighted by molar-refractivity contribution is -0.643. The first-order valence-electron chi connectivity index (χ1n) is 18.5. The second-order valence-corrected chi connectivity index (χ2v) is 16.6. The van der Waals surface area contributed by atoms with Crippen molar-refractivity contribution in [3.05, 3.63) is 178 Å². The maximum Gasteiger partial charge on any atom is 0.355 e. The van der Waals surface area contributed by atoms with Crippen molar-refractivity contribution in [3.63, 3.8) is 0 Å². The molecule has 3 aromatic carbocycles. The number of esters is 1. The minimum absolute atomic E-state index is 0. The lowest BCUT2D eigenvalue weighted by Crippen LogP contribution is -3.00. The Balaban J connectivity index is 0.00000561. The molecule has 13 nitrogen and oxygen atoms in total. The Morgan fingerprint density at radius 2 is 1.56 bits per heavy atom. The average Bonchev–Trinajstić information content (AvgIpc) is 3.75. The molecule has 1 fully saturated rings. The molecular weight excluding hydrogens is 967 g/mol. The SMILES string of the molecule is CO/N=C(\C(=O)NC1C(=O)N2C(C(=O)OCSc3cc[n+](Nc4cccc(Cl)n4)cc3)=CCS[C@@H]12)c1csc(NC(c2ccccc2)(c2ccccc2)c2ccccc2)n1.[I-]. The molecule has 2 atom stereocenters. The van der Waals surface area contributed by atoms with Crippen LogP contribution in [0.5, 0.6) is 0 Å². The largest absolute Gasteiger partial charge is 1.00 e. The first-order chi connectivity index (χ1) is 29.3. The minimum atomic E-state index is -0.916. The molecule has 8 rings (SSSR count). The zero-order chi connectivity index (χ0) is 41.5. The Morgan fingerprint density at radius 3 is 2.16 bits per heavy atom. The van der Waals surface area contributed by atoms with Gasteiger partial charge in [-0.15, -0.1) is 28.5 Å². The molecule has 2 aliphatic heterocycles. The van der Waals surface area contributed by atoms with Gasteiger partial charge in [0.05, 0.1) is 0 Å². The van der Waals surface area contributed by atoms with Gasteiger partial charge >= 0.3 is 5.97 Å². The number of carbonyl (C=O) groups excluding carboxylic acids is 3. The second kappa shape index (κ2) is 19.9. The summed E-state index contributed by atoms with van der Waals surface area (Å²) in [6.07, 6.45) is 5.26. The topological polar surface area (TPSA) is 151 Å². The molecule has 0 aliphatic carbocycles. The van der Waals surface area contributed by atoms with E-state index in [-0.39, 0.29) is 47.0 Å². The van der Waals surface area contributed by atoms with Crippen LogP contribution < -0.4 is 44.7 Å². The maximum atomic E-state index is 13.9. The highest BCUT2D eigenvalue weighted by atomic mass is 127. The summed E-state index contributed by atoms with van der Waals surface area (Å²) in [5.74, 6) is -0.675. The first-order valence-corrected chi connectivity index (χ1v) is 21.8. The number of nitrogens with zero attached hydrogens (tertiary/aromatic N) is 5. The van der Waals surface area contributed by atoms with Gasteiger partial charge in [0.25, 0.3) is 11.8 Å². The van der Waals surface area contributed by atoms with Crippen molar-refractivity contribution < 1.29 is 52.6 Å². The van der Waals surface area contributed by atoms with Gasteiger partial charge in [-0.05, 0) is 34.9 Å². The van der Waals surface area contributed by atoms with Crippen molar-refractivity contribution in [1.29, 1.82) is 0 Å². The van der Waals surface area contributed by atoms with E-state index < -0.39 is 34.7 Å². The lowest BCUT2D eigenvalue weighted by Gasteiger charge is -2.48. The maximum absolute atomic E-state index is 13.9. The highest BCUT2D eigenvalue weighted by molar-refractivity contribution is 8.00. The number of ether oxygens (including phenoxy) is 1. The van der Waals surface area contributed by atoms with Crippen molar-refractivity contribution in [2.45, 2.75) is 21.9 Å². The van der Waals surface area contributed by atoms with E-state index in [0.29, 0.717) is 21.9 Å². The van der Waals surface area contributed by atoms with Gasteiger partial charge in [0.1, 0.15) is 46.5 Å². The van der Waals surface area contributed by atoms with Gasteiger partial charge in [-0.1, -0.05) is 130 Å². The number of nitrogens with one attached hydrogen (secondary N) is 3. The van der Waals surface area contributed by atoms with Gasteiger partial charge in [-0.25, -0.2) is 14.8 Å². The highest BCUT2D eigenvalue weighted by Crippen LogP contribution is 2.41. The molecule has 1 unspecified atom stereocenters. The Kier molecular flexibility index (Phi) is 14.3. The van der Waals surface area contributed by atoms with Crippen LogP contribution in [0.25, 0.3) is 0 Å². The standard InChI is InChI=1S/C43H35ClN8O5S3.HI/c1-56-50-36(32-26-59-42(45-32)48-43(28-12-5-2-6-13-28,29-14-7-3-8-15-29)30-16-9-4-10-17-30)38(53)47-37-39(54)52-33(22-25-58-40(37)52)41(55)57-27-60-31-20-23-51(24-21-31)49-35-19-11-18-34(44)46-35;/h2-24,26,37,40H,25,27H2,1H3,(H2-,45,46,47,48,49,53);1H/b50-36-;/t37?,40-;/m0./s1. The van der Waals surface area contributed by atoms with E-state index in [1.807, 2.05) is 66.7 Å². The summed E-state index contributed by atoms with van der Waals surface area (Å²) in [7, 11) is 1.34. The molecule has 2 aliphatic rings. The third-order valence-electron chi connectivity index (χ3n) is 9.57. The Hall–Kier alpha value is -5.47. The fraction of sp³-hybridized carbons (Fsp3) is 0.140. The normalized spacial score (nSPS) is 15.9. The van der Waals surface area contributed by atoms with Gasteiger partial charge in [0.2, 0.25) is 12.4 Å². The van der Waals surface area contributed by atoms with Crippen LogP contribution in [0, 0.1) is 0 Å². The van der Waals surface area contributed by atoms with Gasteiger partial charge < -0.3 is 44.2 Å². The molecule has 310 valence electrons. The molecule has 6 aromatic rings. The Morgan fingerprint density at radius 1 is 0.918 bits per heavy atom. The van der Waals surface area contributed by atoms with Crippen molar-refractivity contribution in [2.75, 3.05) is 29.5 Å². The number of oxime groups is 1. The molecular formula is C43H36ClIN8O5S3.